The molecule has 19 heavy (non-hydrogen) atoms. The smallest absolute Gasteiger partial charge is 0.307 e. The van der Waals surface area contributed by atoms with Crippen LogP contribution in [0.1, 0.15) is 44.6 Å². The zero-order valence-corrected chi connectivity index (χ0v) is 12.7. The lowest BCUT2D eigenvalue weighted by atomic mass is 9.65. The third-order valence-corrected chi connectivity index (χ3v) is 4.70. The van der Waals surface area contributed by atoms with Gasteiger partial charge in [0, 0.05) is 5.92 Å². The summed E-state index contributed by atoms with van der Waals surface area (Å²) in [6.07, 6.45) is 2.19. The summed E-state index contributed by atoms with van der Waals surface area (Å²) >= 11 is 3.18. The van der Waals surface area contributed by atoms with Crippen LogP contribution in [0.4, 0.5) is 4.39 Å². The van der Waals surface area contributed by atoms with Crippen molar-refractivity contribution in [2.75, 3.05) is 0 Å². The maximum atomic E-state index is 14.2. The van der Waals surface area contributed by atoms with Gasteiger partial charge in [-0.3, -0.25) is 4.79 Å². The van der Waals surface area contributed by atoms with Crippen molar-refractivity contribution in [1.82, 2.24) is 0 Å². The summed E-state index contributed by atoms with van der Waals surface area (Å²) in [5, 5.41) is 9.37. The molecule has 1 saturated carbocycles. The Morgan fingerprint density at radius 3 is 2.79 bits per heavy atom. The maximum Gasteiger partial charge on any atom is 0.307 e. The topological polar surface area (TPSA) is 37.3 Å². The number of carboxylic acids is 1. The van der Waals surface area contributed by atoms with E-state index in [1.165, 1.54) is 0 Å². The van der Waals surface area contributed by atoms with Crippen molar-refractivity contribution < 1.29 is 14.3 Å². The Morgan fingerprint density at radius 1 is 1.47 bits per heavy atom. The molecule has 1 aromatic rings. The Balaban J connectivity index is 2.42. The summed E-state index contributed by atoms with van der Waals surface area (Å²) < 4.78 is 14.6. The predicted octanol–water partition coefficient (Wildman–Crippen LogP) is 4.58. The van der Waals surface area contributed by atoms with Gasteiger partial charge in [-0.15, -0.1) is 0 Å². The number of aliphatic carboxylic acids is 1. The van der Waals surface area contributed by atoms with Crippen molar-refractivity contribution in [2.45, 2.75) is 39.0 Å². The van der Waals surface area contributed by atoms with E-state index in [1.54, 1.807) is 18.2 Å². The molecule has 0 saturated heterocycles. The molecule has 1 fully saturated rings. The highest BCUT2D eigenvalue weighted by Crippen LogP contribution is 2.47. The van der Waals surface area contributed by atoms with Crippen molar-refractivity contribution in [3.63, 3.8) is 0 Å². The Labute approximate surface area is 121 Å². The predicted molar refractivity (Wildman–Crippen MR) is 75.6 cm³/mol. The van der Waals surface area contributed by atoms with Crippen LogP contribution in [0.3, 0.4) is 0 Å². The minimum Gasteiger partial charge on any atom is -0.481 e. The third-order valence-electron chi connectivity index (χ3n) is 4.09. The van der Waals surface area contributed by atoms with Crippen LogP contribution in [0.2, 0.25) is 0 Å². The van der Waals surface area contributed by atoms with Crippen LogP contribution in [0.25, 0.3) is 0 Å². The molecule has 0 radical (unpaired) electrons. The average Bonchev–Trinajstić information content (AvgIpc) is 2.31. The molecule has 0 aliphatic heterocycles. The monoisotopic (exact) mass is 328 g/mol. The summed E-state index contributed by atoms with van der Waals surface area (Å²) in [6, 6.07) is 5.12. The van der Waals surface area contributed by atoms with Crippen LogP contribution in [0, 0.1) is 17.2 Å². The standard InChI is InChI=1S/C15H18BrFO2/c1-15(2)7-6-10(14(18)19)11(8-15)9-4-3-5-12(16)13(9)17/h3-5,10-11H,6-8H2,1-2H3,(H,18,19). The van der Waals surface area contributed by atoms with Gasteiger partial charge < -0.3 is 5.11 Å². The fourth-order valence-electron chi connectivity index (χ4n) is 3.02. The number of carboxylic acid groups (broad SMARTS) is 1. The van der Waals surface area contributed by atoms with Gasteiger partial charge in [-0.1, -0.05) is 26.0 Å². The van der Waals surface area contributed by atoms with Crippen molar-refractivity contribution in [2.24, 2.45) is 11.3 Å². The fraction of sp³-hybridized carbons (Fsp3) is 0.533. The van der Waals surface area contributed by atoms with Gasteiger partial charge in [0.1, 0.15) is 5.82 Å². The first kappa shape index (κ1) is 14.5. The van der Waals surface area contributed by atoms with Gasteiger partial charge in [0.2, 0.25) is 0 Å². The molecule has 2 rings (SSSR count). The van der Waals surface area contributed by atoms with Crippen LogP contribution in [-0.4, -0.2) is 11.1 Å². The van der Waals surface area contributed by atoms with Crippen molar-refractivity contribution >= 4 is 21.9 Å². The van der Waals surface area contributed by atoms with Gasteiger partial charge in [0.15, 0.2) is 0 Å². The number of benzene rings is 1. The lowest BCUT2D eigenvalue weighted by molar-refractivity contribution is -0.144. The highest BCUT2D eigenvalue weighted by Gasteiger charge is 2.40. The Kier molecular flexibility index (Phi) is 4.00. The van der Waals surface area contributed by atoms with Gasteiger partial charge in [0.25, 0.3) is 0 Å². The summed E-state index contributed by atoms with van der Waals surface area (Å²) in [6.45, 7) is 4.24. The molecule has 1 aliphatic carbocycles. The van der Waals surface area contributed by atoms with Crippen LogP contribution >= 0.6 is 15.9 Å². The molecule has 4 heteroatoms. The van der Waals surface area contributed by atoms with E-state index in [9.17, 15) is 14.3 Å². The molecule has 104 valence electrons. The SMILES string of the molecule is CC1(C)CCC(C(=O)O)C(c2cccc(Br)c2F)C1. The van der Waals surface area contributed by atoms with Crippen LogP contribution in [0.15, 0.2) is 22.7 Å². The zero-order valence-electron chi connectivity index (χ0n) is 11.1. The Morgan fingerprint density at radius 2 is 2.16 bits per heavy atom. The van der Waals surface area contributed by atoms with E-state index in [0.717, 1.165) is 6.42 Å². The number of carbonyl (C=O) groups is 1. The summed E-state index contributed by atoms with van der Waals surface area (Å²) in [5.74, 6) is -1.88. The quantitative estimate of drug-likeness (QED) is 0.862. The molecular weight excluding hydrogens is 311 g/mol. The van der Waals surface area contributed by atoms with Crippen LogP contribution in [0.5, 0.6) is 0 Å². The molecule has 2 atom stereocenters. The molecule has 0 spiro atoms. The normalized spacial score (nSPS) is 26.1. The highest BCUT2D eigenvalue weighted by atomic mass is 79.9. The second kappa shape index (κ2) is 5.23. The first-order chi connectivity index (χ1) is 8.82. The van der Waals surface area contributed by atoms with Crippen molar-refractivity contribution in [1.29, 1.82) is 0 Å². The molecule has 1 aromatic carbocycles. The van der Waals surface area contributed by atoms with Crippen LogP contribution < -0.4 is 0 Å². The molecule has 2 unspecified atom stereocenters. The molecule has 0 heterocycles. The Hall–Kier alpha value is -0.900. The molecule has 0 amide bonds. The lowest BCUT2D eigenvalue weighted by Crippen LogP contribution is -2.33. The second-order valence-electron chi connectivity index (χ2n) is 6.10. The number of rotatable bonds is 2. The fourth-order valence-corrected chi connectivity index (χ4v) is 3.40. The first-order valence-electron chi connectivity index (χ1n) is 6.48. The van der Waals surface area contributed by atoms with Crippen molar-refractivity contribution in [3.8, 4) is 0 Å². The summed E-state index contributed by atoms with van der Waals surface area (Å²) in [4.78, 5) is 11.4. The molecule has 0 bridgehead atoms. The number of hydrogen-bond donors (Lipinski definition) is 1. The second-order valence-corrected chi connectivity index (χ2v) is 6.96. The summed E-state index contributed by atoms with van der Waals surface area (Å²) in [7, 11) is 0. The van der Waals surface area contributed by atoms with Crippen LogP contribution in [-0.2, 0) is 4.79 Å². The Bertz CT molecular complexity index is 499. The minimum atomic E-state index is -0.820. The summed E-state index contributed by atoms with van der Waals surface area (Å²) in [5.41, 5.74) is 0.584. The van der Waals surface area contributed by atoms with Gasteiger partial charge in [-0.25, -0.2) is 4.39 Å². The van der Waals surface area contributed by atoms with E-state index in [2.05, 4.69) is 29.8 Å². The molecule has 1 N–H and O–H groups in total. The van der Waals surface area contributed by atoms with E-state index in [-0.39, 0.29) is 17.2 Å². The van der Waals surface area contributed by atoms with Crippen molar-refractivity contribution in [3.05, 3.63) is 34.1 Å². The number of hydrogen-bond acceptors (Lipinski definition) is 1. The molecule has 2 nitrogen and oxygen atoms in total. The van der Waals surface area contributed by atoms with E-state index < -0.39 is 11.9 Å². The van der Waals surface area contributed by atoms with E-state index in [1.807, 2.05) is 0 Å². The average molecular weight is 329 g/mol. The minimum absolute atomic E-state index is 0.0609. The lowest BCUT2D eigenvalue weighted by Gasteiger charge is -2.39. The van der Waals surface area contributed by atoms with E-state index >= 15 is 0 Å². The first-order valence-corrected chi connectivity index (χ1v) is 7.28. The van der Waals surface area contributed by atoms with E-state index in [4.69, 9.17) is 0 Å². The zero-order chi connectivity index (χ0) is 14.2. The molecule has 1 aliphatic rings. The third kappa shape index (κ3) is 2.99. The van der Waals surface area contributed by atoms with Gasteiger partial charge in [-0.05, 0) is 52.2 Å². The largest absolute Gasteiger partial charge is 0.481 e. The maximum absolute atomic E-state index is 14.2. The molecule has 0 aromatic heterocycles. The van der Waals surface area contributed by atoms with Gasteiger partial charge in [-0.2, -0.15) is 0 Å². The van der Waals surface area contributed by atoms with Gasteiger partial charge >= 0.3 is 5.97 Å². The molecular formula is C15H18BrFO2. The van der Waals surface area contributed by atoms with Gasteiger partial charge in [0.05, 0.1) is 10.4 Å². The van der Waals surface area contributed by atoms with E-state index in [0.29, 0.717) is 22.9 Å². The highest BCUT2D eigenvalue weighted by molar-refractivity contribution is 9.10. The number of halogens is 2.